The van der Waals surface area contributed by atoms with E-state index < -0.39 is 22.2 Å². The average Bonchev–Trinajstić information content (AvgIpc) is 2.69. The SMILES string of the molecule is O=S(c1ccccc1)C(c1ccccc1)C(O)/C=C/c1ccccc1. The number of hydrogen-bond acceptors (Lipinski definition) is 2. The van der Waals surface area contributed by atoms with Crippen molar-refractivity contribution in [1.82, 2.24) is 0 Å². The Balaban J connectivity index is 1.91. The van der Waals surface area contributed by atoms with Crippen molar-refractivity contribution in [3.63, 3.8) is 0 Å². The molecule has 3 atom stereocenters. The summed E-state index contributed by atoms with van der Waals surface area (Å²) in [6.45, 7) is 0. The Kier molecular flexibility index (Phi) is 5.94. The highest BCUT2D eigenvalue weighted by Gasteiger charge is 2.26. The van der Waals surface area contributed by atoms with Crippen molar-refractivity contribution in [3.8, 4) is 0 Å². The molecule has 0 aliphatic heterocycles. The first-order valence-electron chi connectivity index (χ1n) is 8.17. The van der Waals surface area contributed by atoms with Crippen LogP contribution in [0.2, 0.25) is 0 Å². The molecule has 0 saturated carbocycles. The Morgan fingerprint density at radius 1 is 0.760 bits per heavy atom. The molecule has 3 rings (SSSR count). The van der Waals surface area contributed by atoms with Crippen molar-refractivity contribution >= 4 is 16.9 Å². The molecule has 25 heavy (non-hydrogen) atoms. The summed E-state index contributed by atoms with van der Waals surface area (Å²) in [5.41, 5.74) is 1.86. The maximum Gasteiger partial charge on any atom is 0.0939 e. The van der Waals surface area contributed by atoms with E-state index in [9.17, 15) is 9.32 Å². The Labute approximate surface area is 150 Å². The van der Waals surface area contributed by atoms with E-state index >= 15 is 0 Å². The van der Waals surface area contributed by atoms with E-state index in [2.05, 4.69) is 0 Å². The topological polar surface area (TPSA) is 37.3 Å². The van der Waals surface area contributed by atoms with Gasteiger partial charge in [0.2, 0.25) is 0 Å². The highest BCUT2D eigenvalue weighted by Crippen LogP contribution is 2.29. The minimum absolute atomic E-state index is 0.524. The molecule has 0 spiro atoms. The number of aliphatic hydroxyl groups excluding tert-OH is 1. The van der Waals surface area contributed by atoms with Crippen molar-refractivity contribution in [1.29, 1.82) is 0 Å². The zero-order valence-electron chi connectivity index (χ0n) is 13.7. The third kappa shape index (κ3) is 4.53. The quantitative estimate of drug-likeness (QED) is 0.706. The van der Waals surface area contributed by atoms with Crippen LogP contribution in [0, 0.1) is 0 Å². The van der Waals surface area contributed by atoms with Crippen molar-refractivity contribution < 1.29 is 9.32 Å². The van der Waals surface area contributed by atoms with Gasteiger partial charge in [-0.15, -0.1) is 0 Å². The molecule has 3 aromatic rings. The minimum atomic E-state index is -1.36. The van der Waals surface area contributed by atoms with Crippen molar-refractivity contribution in [2.45, 2.75) is 16.2 Å². The zero-order valence-corrected chi connectivity index (χ0v) is 14.5. The van der Waals surface area contributed by atoms with E-state index in [1.807, 2.05) is 97.1 Å². The van der Waals surface area contributed by atoms with Crippen LogP contribution in [0.5, 0.6) is 0 Å². The summed E-state index contributed by atoms with van der Waals surface area (Å²) in [6, 6.07) is 28.6. The van der Waals surface area contributed by atoms with Gasteiger partial charge in [0, 0.05) is 4.90 Å². The summed E-state index contributed by atoms with van der Waals surface area (Å²) >= 11 is 0. The number of rotatable bonds is 6. The Morgan fingerprint density at radius 3 is 1.88 bits per heavy atom. The first-order chi connectivity index (χ1) is 12.3. The molecular weight excluding hydrogens is 328 g/mol. The lowest BCUT2D eigenvalue weighted by Crippen LogP contribution is -2.21. The van der Waals surface area contributed by atoms with Crippen LogP contribution in [0.15, 0.2) is 102 Å². The van der Waals surface area contributed by atoms with Crippen LogP contribution in [-0.2, 0) is 10.8 Å². The van der Waals surface area contributed by atoms with Gasteiger partial charge in [-0.1, -0.05) is 91.0 Å². The monoisotopic (exact) mass is 348 g/mol. The van der Waals surface area contributed by atoms with Gasteiger partial charge in [0.1, 0.15) is 0 Å². The molecule has 0 aromatic heterocycles. The fraction of sp³-hybridized carbons (Fsp3) is 0.0909. The second-order valence-electron chi connectivity index (χ2n) is 5.70. The summed E-state index contributed by atoms with van der Waals surface area (Å²) in [5, 5.41) is 10.3. The highest BCUT2D eigenvalue weighted by molar-refractivity contribution is 7.85. The molecule has 3 heteroatoms. The average molecular weight is 348 g/mol. The molecule has 0 aliphatic carbocycles. The Hall–Kier alpha value is -2.49. The summed E-state index contributed by atoms with van der Waals surface area (Å²) < 4.78 is 13.1. The molecular formula is C22H20O2S. The third-order valence-corrected chi connectivity index (χ3v) is 5.68. The van der Waals surface area contributed by atoms with Gasteiger partial charge in [-0.25, -0.2) is 0 Å². The summed E-state index contributed by atoms with van der Waals surface area (Å²) in [6.07, 6.45) is 2.72. The van der Waals surface area contributed by atoms with Crippen LogP contribution in [0.1, 0.15) is 16.4 Å². The number of benzene rings is 3. The van der Waals surface area contributed by atoms with Crippen molar-refractivity contribution in [2.75, 3.05) is 0 Å². The molecule has 2 nitrogen and oxygen atoms in total. The summed E-state index contributed by atoms with van der Waals surface area (Å²) in [7, 11) is -1.36. The second kappa shape index (κ2) is 8.56. The van der Waals surface area contributed by atoms with Gasteiger partial charge in [-0.2, -0.15) is 0 Å². The molecule has 0 heterocycles. The molecule has 3 aromatic carbocycles. The maximum atomic E-state index is 13.1. The van der Waals surface area contributed by atoms with Gasteiger partial charge in [-0.05, 0) is 23.3 Å². The van der Waals surface area contributed by atoms with E-state index in [0.29, 0.717) is 4.90 Å². The molecule has 0 aliphatic rings. The molecule has 0 bridgehead atoms. The first-order valence-corrected chi connectivity index (χ1v) is 9.39. The Bertz CT molecular complexity index is 830. The minimum Gasteiger partial charge on any atom is -0.387 e. The molecule has 1 N–H and O–H groups in total. The van der Waals surface area contributed by atoms with Crippen LogP contribution in [-0.4, -0.2) is 15.4 Å². The lowest BCUT2D eigenvalue weighted by molar-refractivity contribution is 0.219. The first kappa shape index (κ1) is 17.3. The van der Waals surface area contributed by atoms with Crippen LogP contribution in [0.4, 0.5) is 0 Å². The zero-order chi connectivity index (χ0) is 17.5. The van der Waals surface area contributed by atoms with Gasteiger partial charge in [0.05, 0.1) is 22.2 Å². The van der Waals surface area contributed by atoms with E-state index in [1.54, 1.807) is 6.08 Å². The highest BCUT2D eigenvalue weighted by atomic mass is 32.2. The molecule has 126 valence electrons. The van der Waals surface area contributed by atoms with Crippen molar-refractivity contribution in [2.24, 2.45) is 0 Å². The van der Waals surface area contributed by atoms with Crippen LogP contribution in [0.25, 0.3) is 6.08 Å². The standard InChI is InChI=1S/C22H20O2S/c23-21(17-16-18-10-4-1-5-11-18)22(19-12-6-2-7-13-19)25(24)20-14-8-3-9-15-20/h1-17,21-23H/b17-16+. The predicted octanol–water partition coefficient (Wildman–Crippen LogP) is 4.61. The summed E-state index contributed by atoms with van der Waals surface area (Å²) in [4.78, 5) is 0.712. The largest absolute Gasteiger partial charge is 0.387 e. The molecule has 3 unspecified atom stereocenters. The van der Waals surface area contributed by atoms with Gasteiger partial charge >= 0.3 is 0 Å². The molecule has 0 saturated heterocycles. The maximum absolute atomic E-state index is 13.1. The summed E-state index contributed by atoms with van der Waals surface area (Å²) in [5.74, 6) is 0. The van der Waals surface area contributed by atoms with E-state index in [-0.39, 0.29) is 0 Å². The number of aliphatic hydroxyl groups is 1. The molecule has 0 radical (unpaired) electrons. The van der Waals surface area contributed by atoms with Crippen LogP contribution >= 0.6 is 0 Å². The smallest absolute Gasteiger partial charge is 0.0939 e. The van der Waals surface area contributed by atoms with Crippen molar-refractivity contribution in [3.05, 3.63) is 108 Å². The third-order valence-electron chi connectivity index (χ3n) is 3.93. The van der Waals surface area contributed by atoms with E-state index in [4.69, 9.17) is 0 Å². The van der Waals surface area contributed by atoms with Crippen LogP contribution < -0.4 is 0 Å². The second-order valence-corrected chi connectivity index (χ2v) is 7.28. The van der Waals surface area contributed by atoms with Gasteiger partial charge in [-0.3, -0.25) is 4.21 Å². The predicted molar refractivity (Wildman–Crippen MR) is 104 cm³/mol. The lowest BCUT2D eigenvalue weighted by atomic mass is 10.1. The molecule has 0 fully saturated rings. The van der Waals surface area contributed by atoms with E-state index in [1.165, 1.54) is 0 Å². The van der Waals surface area contributed by atoms with Gasteiger partial charge in [0.25, 0.3) is 0 Å². The normalized spacial score (nSPS) is 14.9. The molecule has 0 amide bonds. The van der Waals surface area contributed by atoms with Gasteiger partial charge < -0.3 is 5.11 Å². The Morgan fingerprint density at radius 2 is 1.28 bits per heavy atom. The number of hydrogen-bond donors (Lipinski definition) is 1. The van der Waals surface area contributed by atoms with Gasteiger partial charge in [0.15, 0.2) is 0 Å². The lowest BCUT2D eigenvalue weighted by Gasteiger charge is -2.21. The van der Waals surface area contributed by atoms with E-state index in [0.717, 1.165) is 11.1 Å². The van der Waals surface area contributed by atoms with Crippen LogP contribution in [0.3, 0.4) is 0 Å². The fourth-order valence-corrected chi connectivity index (χ4v) is 4.13. The fourth-order valence-electron chi connectivity index (χ4n) is 2.67.